The Kier molecular flexibility index (Phi) is 4.96. The molecule has 1 aromatic heterocycles. The van der Waals surface area contributed by atoms with Crippen molar-refractivity contribution in [3.05, 3.63) is 18.0 Å². The zero-order valence-electron chi connectivity index (χ0n) is 10.6. The summed E-state index contributed by atoms with van der Waals surface area (Å²) in [4.78, 5) is 0. The molecule has 0 aliphatic rings. The van der Waals surface area contributed by atoms with E-state index in [0.29, 0.717) is 12.3 Å². The molecule has 4 heteroatoms. The van der Waals surface area contributed by atoms with Gasteiger partial charge in [0.2, 0.25) is 0 Å². The number of hydrogen-bond donors (Lipinski definition) is 1. The van der Waals surface area contributed by atoms with Crippen LogP contribution in [0.3, 0.4) is 0 Å². The molecule has 16 heavy (non-hydrogen) atoms. The van der Waals surface area contributed by atoms with Crippen LogP contribution in [0.2, 0.25) is 0 Å². The summed E-state index contributed by atoms with van der Waals surface area (Å²) in [7, 11) is 3.55. The van der Waals surface area contributed by atoms with Crippen molar-refractivity contribution in [3.63, 3.8) is 0 Å². The van der Waals surface area contributed by atoms with Crippen LogP contribution in [0.25, 0.3) is 0 Å². The summed E-state index contributed by atoms with van der Waals surface area (Å²) in [6, 6.07) is 0. The molecule has 1 N–H and O–H groups in total. The zero-order chi connectivity index (χ0) is 12.1. The highest BCUT2D eigenvalue weighted by atomic mass is 16.5. The van der Waals surface area contributed by atoms with Crippen molar-refractivity contribution >= 4 is 0 Å². The minimum Gasteiger partial charge on any atom is -0.390 e. The van der Waals surface area contributed by atoms with E-state index in [2.05, 4.69) is 18.9 Å². The van der Waals surface area contributed by atoms with Gasteiger partial charge in [-0.15, -0.1) is 0 Å². The number of rotatable bonds is 6. The average molecular weight is 226 g/mol. The molecular weight excluding hydrogens is 204 g/mol. The van der Waals surface area contributed by atoms with Crippen LogP contribution in [0.1, 0.15) is 25.8 Å². The summed E-state index contributed by atoms with van der Waals surface area (Å²) in [6.45, 7) is 4.11. The van der Waals surface area contributed by atoms with Crippen molar-refractivity contribution in [2.75, 3.05) is 7.11 Å². The van der Waals surface area contributed by atoms with Crippen molar-refractivity contribution in [2.45, 2.75) is 38.9 Å². The van der Waals surface area contributed by atoms with E-state index >= 15 is 0 Å². The monoisotopic (exact) mass is 226 g/mol. The summed E-state index contributed by atoms with van der Waals surface area (Å²) in [5, 5.41) is 14.1. The second-order valence-corrected chi connectivity index (χ2v) is 4.57. The van der Waals surface area contributed by atoms with Crippen molar-refractivity contribution in [3.8, 4) is 0 Å². The number of hydrogen-bond acceptors (Lipinski definition) is 3. The van der Waals surface area contributed by atoms with Gasteiger partial charge in [0.05, 0.1) is 18.4 Å². The quantitative estimate of drug-likeness (QED) is 0.797. The molecule has 0 saturated carbocycles. The third-order valence-electron chi connectivity index (χ3n) is 2.80. The maximum Gasteiger partial charge on any atom is 0.0853 e. The lowest BCUT2D eigenvalue weighted by atomic mass is 9.97. The first-order valence-electron chi connectivity index (χ1n) is 5.73. The van der Waals surface area contributed by atoms with Crippen LogP contribution in [0.15, 0.2) is 12.4 Å². The van der Waals surface area contributed by atoms with E-state index in [1.54, 1.807) is 11.8 Å². The third kappa shape index (κ3) is 3.61. The van der Waals surface area contributed by atoms with Crippen LogP contribution in [0.4, 0.5) is 0 Å². The standard InChI is InChI=1S/C12H22N2O2/c1-9(2)12(16-4)11(15)6-5-10-7-13-14(3)8-10/h7-9,11-12,15H,5-6H2,1-4H3. The second kappa shape index (κ2) is 6.01. The maximum atomic E-state index is 10.00. The molecule has 0 fully saturated rings. The van der Waals surface area contributed by atoms with Gasteiger partial charge in [0.25, 0.3) is 0 Å². The Morgan fingerprint density at radius 2 is 2.19 bits per heavy atom. The fraction of sp³-hybridized carbons (Fsp3) is 0.750. The van der Waals surface area contributed by atoms with Gasteiger partial charge in [0, 0.05) is 20.4 Å². The topological polar surface area (TPSA) is 47.3 Å². The van der Waals surface area contributed by atoms with E-state index in [1.165, 1.54) is 0 Å². The van der Waals surface area contributed by atoms with Crippen LogP contribution in [-0.2, 0) is 18.2 Å². The van der Waals surface area contributed by atoms with Crippen LogP contribution < -0.4 is 0 Å². The number of aliphatic hydroxyl groups is 1. The number of methoxy groups -OCH3 is 1. The fourth-order valence-corrected chi connectivity index (χ4v) is 1.95. The second-order valence-electron chi connectivity index (χ2n) is 4.57. The molecule has 0 bridgehead atoms. The summed E-state index contributed by atoms with van der Waals surface area (Å²) in [5.41, 5.74) is 1.15. The van der Waals surface area contributed by atoms with Gasteiger partial charge in [0.1, 0.15) is 0 Å². The van der Waals surface area contributed by atoms with Crippen molar-refractivity contribution < 1.29 is 9.84 Å². The van der Waals surface area contributed by atoms with E-state index in [1.807, 2.05) is 19.4 Å². The first kappa shape index (κ1) is 13.2. The zero-order valence-corrected chi connectivity index (χ0v) is 10.6. The van der Waals surface area contributed by atoms with Crippen molar-refractivity contribution in [1.82, 2.24) is 9.78 Å². The van der Waals surface area contributed by atoms with Gasteiger partial charge >= 0.3 is 0 Å². The van der Waals surface area contributed by atoms with Gasteiger partial charge in [0.15, 0.2) is 0 Å². The van der Waals surface area contributed by atoms with E-state index in [9.17, 15) is 5.11 Å². The van der Waals surface area contributed by atoms with Crippen LogP contribution in [-0.4, -0.2) is 34.2 Å². The highest BCUT2D eigenvalue weighted by molar-refractivity contribution is 5.03. The molecule has 1 rings (SSSR count). The Bertz CT molecular complexity index is 310. The molecule has 0 radical (unpaired) electrons. The molecule has 4 nitrogen and oxygen atoms in total. The predicted octanol–water partition coefficient (Wildman–Crippen LogP) is 1.38. The molecule has 0 aliphatic heterocycles. The van der Waals surface area contributed by atoms with E-state index in [-0.39, 0.29) is 6.10 Å². The molecule has 0 amide bonds. The lowest BCUT2D eigenvalue weighted by molar-refractivity contribution is -0.0404. The van der Waals surface area contributed by atoms with Gasteiger partial charge in [-0.05, 0) is 24.3 Å². The molecule has 0 saturated heterocycles. The maximum absolute atomic E-state index is 10.00. The van der Waals surface area contributed by atoms with E-state index in [0.717, 1.165) is 12.0 Å². The predicted molar refractivity (Wildman–Crippen MR) is 63.2 cm³/mol. The van der Waals surface area contributed by atoms with E-state index < -0.39 is 6.10 Å². The Hall–Kier alpha value is -0.870. The number of aromatic nitrogens is 2. The van der Waals surface area contributed by atoms with Gasteiger partial charge in [-0.2, -0.15) is 5.10 Å². The molecule has 0 spiro atoms. The van der Waals surface area contributed by atoms with Crippen molar-refractivity contribution in [2.24, 2.45) is 13.0 Å². The first-order chi connectivity index (χ1) is 7.54. The summed E-state index contributed by atoms with van der Waals surface area (Å²) < 4.78 is 7.07. The Labute approximate surface area is 97.2 Å². The molecule has 1 heterocycles. The third-order valence-corrected chi connectivity index (χ3v) is 2.80. The van der Waals surface area contributed by atoms with Crippen LogP contribution in [0.5, 0.6) is 0 Å². The van der Waals surface area contributed by atoms with Gasteiger partial charge in [-0.25, -0.2) is 0 Å². The minimum atomic E-state index is -0.412. The number of aliphatic hydroxyl groups excluding tert-OH is 1. The van der Waals surface area contributed by atoms with Gasteiger partial charge in [-0.3, -0.25) is 4.68 Å². The highest BCUT2D eigenvalue weighted by Gasteiger charge is 2.21. The number of aryl methyl sites for hydroxylation is 2. The average Bonchev–Trinajstić information content (AvgIpc) is 2.62. The summed E-state index contributed by atoms with van der Waals surface area (Å²) in [6.07, 6.45) is 4.86. The molecule has 1 aromatic rings. The minimum absolute atomic E-state index is 0.0864. The van der Waals surface area contributed by atoms with Gasteiger partial charge in [-0.1, -0.05) is 13.8 Å². The largest absolute Gasteiger partial charge is 0.390 e. The molecule has 92 valence electrons. The fourth-order valence-electron chi connectivity index (χ4n) is 1.95. The summed E-state index contributed by atoms with van der Waals surface area (Å²) in [5.74, 6) is 0.328. The molecule has 0 aliphatic carbocycles. The lowest BCUT2D eigenvalue weighted by Gasteiger charge is -2.24. The Morgan fingerprint density at radius 3 is 2.62 bits per heavy atom. The van der Waals surface area contributed by atoms with Gasteiger partial charge < -0.3 is 9.84 Å². The molecule has 2 atom stereocenters. The SMILES string of the molecule is COC(C(C)C)C(O)CCc1cnn(C)c1. The van der Waals surface area contributed by atoms with Crippen LogP contribution >= 0.6 is 0 Å². The normalized spacial score (nSPS) is 15.4. The smallest absolute Gasteiger partial charge is 0.0853 e. The molecule has 2 unspecified atom stereocenters. The van der Waals surface area contributed by atoms with Crippen molar-refractivity contribution in [1.29, 1.82) is 0 Å². The molecular formula is C12H22N2O2. The Balaban J connectivity index is 2.42. The summed E-state index contributed by atoms with van der Waals surface area (Å²) >= 11 is 0. The first-order valence-corrected chi connectivity index (χ1v) is 5.73. The highest BCUT2D eigenvalue weighted by Crippen LogP contribution is 2.15. The number of ether oxygens (including phenoxy) is 1. The Morgan fingerprint density at radius 1 is 1.50 bits per heavy atom. The lowest BCUT2D eigenvalue weighted by Crippen LogP contribution is -2.33. The molecule has 0 aromatic carbocycles. The van der Waals surface area contributed by atoms with E-state index in [4.69, 9.17) is 4.74 Å². The number of nitrogens with zero attached hydrogens (tertiary/aromatic N) is 2. The van der Waals surface area contributed by atoms with Crippen LogP contribution in [0, 0.1) is 5.92 Å².